The minimum atomic E-state index is -0.982. The van der Waals surface area contributed by atoms with E-state index >= 15 is 0 Å². The van der Waals surface area contributed by atoms with Crippen LogP contribution in [0.1, 0.15) is 31.1 Å². The van der Waals surface area contributed by atoms with Crippen molar-refractivity contribution in [3.63, 3.8) is 0 Å². The average molecular weight is 276 g/mol. The normalized spacial score (nSPS) is 19.6. The first-order chi connectivity index (χ1) is 9.54. The van der Waals surface area contributed by atoms with Crippen LogP contribution in [0, 0.1) is 5.92 Å². The molecule has 0 saturated heterocycles. The molecule has 2 aliphatic rings. The molecular weight excluding hydrogens is 260 g/mol. The maximum absolute atomic E-state index is 12.0. The van der Waals surface area contributed by atoms with Crippen molar-refractivity contribution in [3.05, 3.63) is 28.8 Å². The summed E-state index contributed by atoms with van der Waals surface area (Å²) in [5.41, 5.74) is 2.61. The minimum absolute atomic E-state index is 0.0837. The molecule has 1 atom stereocenters. The van der Waals surface area contributed by atoms with E-state index in [0.717, 1.165) is 11.1 Å². The molecule has 1 aliphatic heterocycles. The van der Waals surface area contributed by atoms with Crippen LogP contribution in [-0.4, -0.2) is 25.0 Å². The van der Waals surface area contributed by atoms with E-state index in [4.69, 9.17) is 14.2 Å². The highest BCUT2D eigenvalue weighted by Crippen LogP contribution is 2.49. The summed E-state index contributed by atoms with van der Waals surface area (Å²) in [7, 11) is 1.31. The van der Waals surface area contributed by atoms with Gasteiger partial charge in [-0.1, -0.05) is 13.8 Å². The number of carbonyl (C=O) groups excluding carboxylic acids is 1. The number of hydrogen-bond acceptors (Lipinski definition) is 5. The number of rotatable bonds is 2. The minimum Gasteiger partial charge on any atom is -0.466 e. The Hall–Kier alpha value is -2.01. The Morgan fingerprint density at radius 1 is 1.35 bits per heavy atom. The van der Waals surface area contributed by atoms with Crippen molar-refractivity contribution in [2.45, 2.75) is 20.0 Å². The second-order valence-corrected chi connectivity index (χ2v) is 5.17. The van der Waals surface area contributed by atoms with Crippen LogP contribution < -0.4 is 9.47 Å². The molecule has 1 heterocycles. The largest absolute Gasteiger partial charge is 0.466 e. The van der Waals surface area contributed by atoms with Gasteiger partial charge in [-0.15, -0.1) is 0 Å². The Morgan fingerprint density at radius 3 is 2.60 bits per heavy atom. The molecular formula is C15H16O5. The summed E-state index contributed by atoms with van der Waals surface area (Å²) >= 11 is 0. The van der Waals surface area contributed by atoms with E-state index in [1.54, 1.807) is 6.07 Å². The molecule has 20 heavy (non-hydrogen) atoms. The van der Waals surface area contributed by atoms with E-state index in [1.807, 2.05) is 19.9 Å². The zero-order valence-corrected chi connectivity index (χ0v) is 11.6. The summed E-state index contributed by atoms with van der Waals surface area (Å²) in [6, 6.07) is 3.56. The summed E-state index contributed by atoms with van der Waals surface area (Å²) < 4.78 is 15.5. The molecule has 0 saturated carbocycles. The van der Waals surface area contributed by atoms with Gasteiger partial charge in [0.05, 0.1) is 12.7 Å². The van der Waals surface area contributed by atoms with Crippen molar-refractivity contribution in [3.8, 4) is 11.5 Å². The van der Waals surface area contributed by atoms with Gasteiger partial charge < -0.3 is 19.3 Å². The van der Waals surface area contributed by atoms with Gasteiger partial charge in [0.1, 0.15) is 6.10 Å². The van der Waals surface area contributed by atoms with Gasteiger partial charge in [-0.25, -0.2) is 4.79 Å². The Labute approximate surface area is 116 Å². The van der Waals surface area contributed by atoms with E-state index in [9.17, 15) is 9.90 Å². The van der Waals surface area contributed by atoms with Gasteiger partial charge in [0.2, 0.25) is 6.79 Å². The van der Waals surface area contributed by atoms with Crippen molar-refractivity contribution in [2.75, 3.05) is 13.9 Å². The Kier molecular flexibility index (Phi) is 2.94. The predicted octanol–water partition coefficient (Wildman–Crippen LogP) is 2.04. The molecule has 0 fully saturated rings. The highest BCUT2D eigenvalue weighted by molar-refractivity contribution is 6.02. The van der Waals surface area contributed by atoms with Crippen molar-refractivity contribution >= 4 is 11.5 Å². The van der Waals surface area contributed by atoms with Gasteiger partial charge in [-0.3, -0.25) is 0 Å². The number of hydrogen-bond donors (Lipinski definition) is 1. The number of benzene rings is 1. The van der Waals surface area contributed by atoms with Gasteiger partial charge in [0, 0.05) is 0 Å². The molecule has 5 heteroatoms. The molecule has 0 aromatic heterocycles. The smallest absolute Gasteiger partial charge is 0.337 e. The van der Waals surface area contributed by atoms with Gasteiger partial charge in [0.25, 0.3) is 0 Å². The molecule has 0 bridgehead atoms. The van der Waals surface area contributed by atoms with Crippen LogP contribution in [0.25, 0.3) is 5.57 Å². The molecule has 3 rings (SSSR count). The second-order valence-electron chi connectivity index (χ2n) is 5.17. The fourth-order valence-corrected chi connectivity index (χ4v) is 2.82. The molecule has 0 spiro atoms. The molecule has 1 aliphatic carbocycles. The number of ether oxygens (including phenoxy) is 3. The van der Waals surface area contributed by atoms with E-state index in [0.29, 0.717) is 22.6 Å². The maximum Gasteiger partial charge on any atom is 0.337 e. The zero-order valence-electron chi connectivity index (χ0n) is 11.6. The molecule has 5 nitrogen and oxygen atoms in total. The third kappa shape index (κ3) is 1.70. The van der Waals surface area contributed by atoms with Crippen LogP contribution in [0.3, 0.4) is 0 Å². The van der Waals surface area contributed by atoms with Crippen LogP contribution >= 0.6 is 0 Å². The Bertz CT molecular complexity index is 615. The summed E-state index contributed by atoms with van der Waals surface area (Å²) in [4.78, 5) is 12.0. The molecule has 1 unspecified atom stereocenters. The first kappa shape index (κ1) is 13.0. The van der Waals surface area contributed by atoms with Gasteiger partial charge >= 0.3 is 5.97 Å². The summed E-state index contributed by atoms with van der Waals surface area (Å²) in [6.45, 7) is 4.13. The van der Waals surface area contributed by atoms with Crippen LogP contribution in [-0.2, 0) is 9.53 Å². The Morgan fingerprint density at radius 2 is 2.00 bits per heavy atom. The van der Waals surface area contributed by atoms with E-state index in [-0.39, 0.29) is 12.7 Å². The highest BCUT2D eigenvalue weighted by Gasteiger charge is 2.37. The summed E-state index contributed by atoms with van der Waals surface area (Å²) in [5.74, 6) is 0.817. The first-order valence-corrected chi connectivity index (χ1v) is 6.49. The summed E-state index contributed by atoms with van der Waals surface area (Å²) in [5, 5.41) is 10.4. The number of aliphatic hydroxyl groups is 1. The predicted molar refractivity (Wildman–Crippen MR) is 71.3 cm³/mol. The number of allylic oxidation sites excluding steroid dienone is 1. The van der Waals surface area contributed by atoms with Gasteiger partial charge in [-0.2, -0.15) is 0 Å². The summed E-state index contributed by atoms with van der Waals surface area (Å²) in [6.07, 6.45) is -0.982. The number of methoxy groups -OCH3 is 1. The molecule has 1 aromatic carbocycles. The number of fused-ring (bicyclic) bond motifs is 2. The van der Waals surface area contributed by atoms with Crippen molar-refractivity contribution in [2.24, 2.45) is 5.92 Å². The second kappa shape index (κ2) is 4.52. The van der Waals surface area contributed by atoms with Crippen LogP contribution in [0.5, 0.6) is 11.5 Å². The molecule has 1 aromatic rings. The lowest BCUT2D eigenvalue weighted by atomic mass is 9.94. The lowest BCUT2D eigenvalue weighted by molar-refractivity contribution is -0.137. The number of aliphatic hydroxyl groups excluding tert-OH is 1. The van der Waals surface area contributed by atoms with Crippen LogP contribution in [0.4, 0.5) is 0 Å². The highest BCUT2D eigenvalue weighted by atomic mass is 16.7. The third-order valence-corrected chi connectivity index (χ3v) is 3.68. The zero-order chi connectivity index (χ0) is 14.4. The SMILES string of the molecule is COC(=O)C1=C(C(C)C)c2cc3c(cc2C1O)OCO3. The number of carbonyl (C=O) groups is 1. The van der Waals surface area contributed by atoms with Crippen molar-refractivity contribution < 1.29 is 24.1 Å². The van der Waals surface area contributed by atoms with Crippen molar-refractivity contribution in [1.29, 1.82) is 0 Å². The quantitative estimate of drug-likeness (QED) is 0.837. The molecule has 1 N–H and O–H groups in total. The monoisotopic (exact) mass is 276 g/mol. The molecule has 0 amide bonds. The maximum atomic E-state index is 12.0. The standard InChI is InChI=1S/C15H16O5/c1-7(2)12-8-4-10-11(20-6-19-10)5-9(8)14(16)13(12)15(17)18-3/h4-5,7,14,16H,6H2,1-3H3. The van der Waals surface area contributed by atoms with Crippen molar-refractivity contribution in [1.82, 2.24) is 0 Å². The van der Waals surface area contributed by atoms with E-state index in [1.165, 1.54) is 7.11 Å². The lowest BCUT2D eigenvalue weighted by Gasteiger charge is -2.11. The average Bonchev–Trinajstić information content (AvgIpc) is 2.98. The topological polar surface area (TPSA) is 65.0 Å². The Balaban J connectivity index is 2.20. The first-order valence-electron chi connectivity index (χ1n) is 6.49. The fourth-order valence-electron chi connectivity index (χ4n) is 2.82. The van der Waals surface area contributed by atoms with Crippen LogP contribution in [0.15, 0.2) is 17.7 Å². The fraction of sp³-hybridized carbons (Fsp3) is 0.400. The third-order valence-electron chi connectivity index (χ3n) is 3.68. The lowest BCUT2D eigenvalue weighted by Crippen LogP contribution is -2.11. The number of esters is 1. The molecule has 0 radical (unpaired) electrons. The van der Waals surface area contributed by atoms with Crippen LogP contribution in [0.2, 0.25) is 0 Å². The van der Waals surface area contributed by atoms with Gasteiger partial charge in [0.15, 0.2) is 11.5 Å². The van der Waals surface area contributed by atoms with Gasteiger partial charge in [-0.05, 0) is 34.8 Å². The van der Waals surface area contributed by atoms with E-state index < -0.39 is 12.1 Å². The molecule has 106 valence electrons. The van der Waals surface area contributed by atoms with E-state index in [2.05, 4.69) is 0 Å².